The summed E-state index contributed by atoms with van der Waals surface area (Å²) in [5.41, 5.74) is 6.57. The highest BCUT2D eigenvalue weighted by Gasteiger charge is 2.15. The highest BCUT2D eigenvalue weighted by atomic mass is 17.2. The third-order valence-corrected chi connectivity index (χ3v) is 4.73. The highest BCUT2D eigenvalue weighted by Crippen LogP contribution is 2.28. The molecule has 0 fully saturated rings. The fourth-order valence-electron chi connectivity index (χ4n) is 3.40. The second kappa shape index (κ2) is 8.89. The van der Waals surface area contributed by atoms with Gasteiger partial charge in [-0.25, -0.2) is 0 Å². The Hall–Kier alpha value is -1.80. The summed E-state index contributed by atoms with van der Waals surface area (Å²) < 4.78 is 0. The third kappa shape index (κ3) is 3.99. The van der Waals surface area contributed by atoms with Crippen LogP contribution in [0, 0.1) is 0 Å². The van der Waals surface area contributed by atoms with Crippen LogP contribution in [0.3, 0.4) is 0 Å². The van der Waals surface area contributed by atoms with Gasteiger partial charge in [-0.1, -0.05) is 58.0 Å². The summed E-state index contributed by atoms with van der Waals surface area (Å²) in [6, 6.07) is 12.7. The van der Waals surface area contributed by atoms with Crippen LogP contribution in [0.5, 0.6) is 5.75 Å². The maximum Gasteiger partial charge on any atom is 0.168 e. The van der Waals surface area contributed by atoms with Crippen molar-refractivity contribution in [1.29, 1.82) is 0 Å². The third-order valence-electron chi connectivity index (χ3n) is 4.73. The Morgan fingerprint density at radius 3 is 1.92 bits per heavy atom. The molecule has 0 aliphatic heterocycles. The lowest BCUT2D eigenvalue weighted by atomic mass is 9.94. The Bertz CT molecular complexity index is 661. The van der Waals surface area contributed by atoms with Crippen molar-refractivity contribution in [3.8, 4) is 5.75 Å². The lowest BCUT2D eigenvalue weighted by molar-refractivity contribution is -0.243. The Labute approximate surface area is 146 Å². The normalized spacial score (nSPS) is 12.2. The molecule has 2 heteroatoms. The predicted octanol–water partition coefficient (Wildman–Crippen LogP) is 6.01. The molecule has 0 aliphatic carbocycles. The predicted molar refractivity (Wildman–Crippen MR) is 101 cm³/mol. The molecule has 0 amide bonds. The fourth-order valence-corrected chi connectivity index (χ4v) is 3.40. The van der Waals surface area contributed by atoms with E-state index in [9.17, 15) is 0 Å². The summed E-state index contributed by atoms with van der Waals surface area (Å²) in [5, 5.41) is 0. The van der Waals surface area contributed by atoms with E-state index >= 15 is 0 Å². The molecule has 2 aromatic carbocycles. The van der Waals surface area contributed by atoms with Gasteiger partial charge >= 0.3 is 0 Å². The van der Waals surface area contributed by atoms with Crippen molar-refractivity contribution in [2.45, 2.75) is 66.4 Å². The largest absolute Gasteiger partial charge is 0.337 e. The van der Waals surface area contributed by atoms with Crippen LogP contribution in [-0.2, 0) is 30.6 Å². The number of rotatable bonds is 8. The Balaban J connectivity index is 2.19. The molecule has 2 aromatic rings. The van der Waals surface area contributed by atoms with E-state index in [0.717, 1.165) is 31.4 Å². The second-order valence-corrected chi connectivity index (χ2v) is 6.11. The van der Waals surface area contributed by atoms with Crippen LogP contribution in [0.4, 0.5) is 0 Å². The summed E-state index contributed by atoms with van der Waals surface area (Å²) in [7, 11) is 0. The second-order valence-electron chi connectivity index (χ2n) is 6.11. The van der Waals surface area contributed by atoms with E-state index in [1.807, 2.05) is 12.1 Å². The first kappa shape index (κ1) is 18.5. The minimum Gasteiger partial charge on any atom is -0.337 e. The van der Waals surface area contributed by atoms with Crippen molar-refractivity contribution in [2.75, 3.05) is 0 Å². The quantitative estimate of drug-likeness (QED) is 0.437. The maximum atomic E-state index is 5.80. The zero-order valence-electron chi connectivity index (χ0n) is 15.7. The van der Waals surface area contributed by atoms with Gasteiger partial charge in [-0.2, -0.15) is 4.89 Å². The molecule has 1 unspecified atom stereocenters. The molecule has 2 rings (SSSR count). The van der Waals surface area contributed by atoms with Gasteiger partial charge in [-0.05, 0) is 60.9 Å². The molecule has 0 heterocycles. The molecule has 130 valence electrons. The van der Waals surface area contributed by atoms with E-state index in [2.05, 4.69) is 58.9 Å². The van der Waals surface area contributed by atoms with Crippen molar-refractivity contribution in [1.82, 2.24) is 0 Å². The van der Waals surface area contributed by atoms with E-state index in [4.69, 9.17) is 9.78 Å². The first-order valence-corrected chi connectivity index (χ1v) is 9.20. The Morgan fingerprint density at radius 2 is 1.33 bits per heavy atom. The first-order chi connectivity index (χ1) is 11.7. The van der Waals surface area contributed by atoms with Gasteiger partial charge in [-0.15, -0.1) is 0 Å². The van der Waals surface area contributed by atoms with Crippen LogP contribution < -0.4 is 4.89 Å². The Morgan fingerprint density at radius 1 is 0.750 bits per heavy atom. The number of aryl methyl sites for hydroxylation is 2. The van der Waals surface area contributed by atoms with E-state index < -0.39 is 0 Å². The average Bonchev–Trinajstić information content (AvgIpc) is 2.64. The SMILES string of the molecule is CCc1cccc(OOC(C)c2cccc(CC)c2CC)c1CC. The van der Waals surface area contributed by atoms with Gasteiger partial charge < -0.3 is 4.89 Å². The minimum atomic E-state index is -0.0959. The molecule has 0 bridgehead atoms. The van der Waals surface area contributed by atoms with Crippen LogP contribution in [-0.4, -0.2) is 0 Å². The van der Waals surface area contributed by atoms with Crippen molar-refractivity contribution < 1.29 is 9.78 Å². The molecule has 24 heavy (non-hydrogen) atoms. The van der Waals surface area contributed by atoms with Gasteiger partial charge in [0.2, 0.25) is 0 Å². The fraction of sp³-hybridized carbons (Fsp3) is 0.455. The molecule has 1 atom stereocenters. The highest BCUT2D eigenvalue weighted by molar-refractivity contribution is 5.40. The Kier molecular flexibility index (Phi) is 6.86. The van der Waals surface area contributed by atoms with Crippen molar-refractivity contribution in [3.05, 3.63) is 64.2 Å². The zero-order chi connectivity index (χ0) is 17.5. The molecule has 0 aromatic heterocycles. The summed E-state index contributed by atoms with van der Waals surface area (Å²) in [6.07, 6.45) is 3.92. The van der Waals surface area contributed by atoms with Crippen LogP contribution in [0.2, 0.25) is 0 Å². The summed E-state index contributed by atoms with van der Waals surface area (Å²) >= 11 is 0. The molecule has 0 spiro atoms. The van der Waals surface area contributed by atoms with Crippen LogP contribution >= 0.6 is 0 Å². The monoisotopic (exact) mass is 326 g/mol. The summed E-state index contributed by atoms with van der Waals surface area (Å²) in [4.78, 5) is 11.6. The zero-order valence-corrected chi connectivity index (χ0v) is 15.7. The van der Waals surface area contributed by atoms with Gasteiger partial charge in [0.15, 0.2) is 5.75 Å². The van der Waals surface area contributed by atoms with E-state index in [0.29, 0.717) is 0 Å². The van der Waals surface area contributed by atoms with Gasteiger partial charge in [0.25, 0.3) is 0 Å². The van der Waals surface area contributed by atoms with Crippen LogP contribution in [0.1, 0.15) is 68.5 Å². The molecule has 0 saturated heterocycles. The number of hydrogen-bond acceptors (Lipinski definition) is 2. The topological polar surface area (TPSA) is 18.5 Å². The van der Waals surface area contributed by atoms with Crippen molar-refractivity contribution in [3.63, 3.8) is 0 Å². The lowest BCUT2D eigenvalue weighted by Crippen LogP contribution is -2.09. The molecule has 0 saturated carbocycles. The average molecular weight is 326 g/mol. The van der Waals surface area contributed by atoms with Gasteiger partial charge in [0.05, 0.1) is 0 Å². The van der Waals surface area contributed by atoms with Gasteiger partial charge in [0.1, 0.15) is 6.10 Å². The standard InChI is InChI=1S/C22H30O2/c1-6-17-12-10-14-21(19(17)8-3)16(5)23-24-22-15-11-13-18(7-2)20(22)9-4/h10-16H,6-9H2,1-5H3. The lowest BCUT2D eigenvalue weighted by Gasteiger charge is -2.19. The van der Waals surface area contributed by atoms with Gasteiger partial charge in [0, 0.05) is 5.56 Å². The van der Waals surface area contributed by atoms with Crippen molar-refractivity contribution in [2.24, 2.45) is 0 Å². The summed E-state index contributed by atoms with van der Waals surface area (Å²) in [5.74, 6) is 0.841. The molecular weight excluding hydrogens is 296 g/mol. The van der Waals surface area contributed by atoms with Crippen molar-refractivity contribution >= 4 is 0 Å². The molecular formula is C22H30O2. The van der Waals surface area contributed by atoms with Crippen LogP contribution in [0.15, 0.2) is 36.4 Å². The van der Waals surface area contributed by atoms with E-state index in [1.165, 1.54) is 27.8 Å². The first-order valence-electron chi connectivity index (χ1n) is 9.20. The maximum absolute atomic E-state index is 5.80. The van der Waals surface area contributed by atoms with Gasteiger partial charge in [-0.3, -0.25) is 0 Å². The van der Waals surface area contributed by atoms with E-state index in [1.54, 1.807) is 0 Å². The number of benzene rings is 2. The molecule has 2 nitrogen and oxygen atoms in total. The minimum absolute atomic E-state index is 0.0959. The number of hydrogen-bond donors (Lipinski definition) is 0. The van der Waals surface area contributed by atoms with E-state index in [-0.39, 0.29) is 6.10 Å². The molecule has 0 radical (unpaired) electrons. The smallest absolute Gasteiger partial charge is 0.168 e. The summed E-state index contributed by atoms with van der Waals surface area (Å²) in [6.45, 7) is 10.8. The molecule has 0 N–H and O–H groups in total. The molecule has 0 aliphatic rings. The van der Waals surface area contributed by atoms with Crippen LogP contribution in [0.25, 0.3) is 0 Å².